The molecule has 0 radical (unpaired) electrons. The largest absolute Gasteiger partial charge is 0.279 e. The van der Waals surface area contributed by atoms with Gasteiger partial charge in [0.15, 0.2) is 9.99 Å². The summed E-state index contributed by atoms with van der Waals surface area (Å²) in [6.07, 6.45) is 0. The minimum Gasteiger partial charge on any atom is -0.276 e. The number of thiazole rings is 1. The van der Waals surface area contributed by atoms with E-state index in [1.54, 1.807) is 11.3 Å². The van der Waals surface area contributed by atoms with Crippen LogP contribution in [0.1, 0.15) is 31.2 Å². The fraction of sp³-hybridized carbons (Fsp3) is 0.444. The summed E-state index contributed by atoms with van der Waals surface area (Å²) >= 11 is 1.42. The zero-order chi connectivity index (χ0) is 12.1. The Morgan fingerprint density at radius 3 is 2.62 bits per heavy atom. The molecule has 7 heteroatoms. The molecule has 0 amide bonds. The SMILES string of the molecule is Cc1nc2scc(C(C)C)n2c1S(=O)(=O)Cl. The standard InChI is InChI=1S/C9H11ClN2O2S2/c1-5(2)7-4-15-9-11-6(3)8(12(7)9)16(10,13)14/h4-5H,1-3H3. The lowest BCUT2D eigenvalue weighted by atomic mass is 10.2. The summed E-state index contributed by atoms with van der Waals surface area (Å²) in [5.41, 5.74) is 1.36. The van der Waals surface area contributed by atoms with E-state index in [0.29, 0.717) is 10.7 Å². The average Bonchev–Trinajstić information content (AvgIpc) is 2.57. The molecule has 0 saturated heterocycles. The van der Waals surface area contributed by atoms with Gasteiger partial charge in [-0.1, -0.05) is 13.8 Å². The first-order valence-corrected chi connectivity index (χ1v) is 7.92. The number of rotatable bonds is 2. The Labute approximate surface area is 102 Å². The summed E-state index contributed by atoms with van der Waals surface area (Å²) in [6.45, 7) is 5.65. The molecule has 0 saturated carbocycles. The Hall–Kier alpha value is -0.590. The molecule has 4 nitrogen and oxygen atoms in total. The molecule has 2 rings (SSSR count). The van der Waals surface area contributed by atoms with Crippen molar-refractivity contribution in [2.45, 2.75) is 31.7 Å². The monoisotopic (exact) mass is 278 g/mol. The van der Waals surface area contributed by atoms with Gasteiger partial charge in [-0.2, -0.15) is 0 Å². The minimum atomic E-state index is -3.76. The van der Waals surface area contributed by atoms with Crippen LogP contribution in [0.25, 0.3) is 4.96 Å². The smallest absolute Gasteiger partial charge is 0.276 e. The van der Waals surface area contributed by atoms with Crippen LogP contribution in [0.3, 0.4) is 0 Å². The third-order valence-corrected chi connectivity index (χ3v) is 4.56. The van der Waals surface area contributed by atoms with Gasteiger partial charge in [-0.05, 0) is 12.8 Å². The van der Waals surface area contributed by atoms with Gasteiger partial charge in [0.2, 0.25) is 0 Å². The fourth-order valence-electron chi connectivity index (χ4n) is 1.64. The molecule has 0 fully saturated rings. The number of aromatic nitrogens is 2. The van der Waals surface area contributed by atoms with Crippen LogP contribution in [-0.2, 0) is 9.05 Å². The van der Waals surface area contributed by atoms with Crippen LogP contribution in [-0.4, -0.2) is 17.8 Å². The Kier molecular flexibility index (Phi) is 2.76. The maximum absolute atomic E-state index is 11.5. The number of hydrogen-bond acceptors (Lipinski definition) is 4. The molecule has 88 valence electrons. The highest BCUT2D eigenvalue weighted by Gasteiger charge is 2.24. The summed E-state index contributed by atoms with van der Waals surface area (Å²) < 4.78 is 24.7. The van der Waals surface area contributed by atoms with Gasteiger partial charge in [0, 0.05) is 21.8 Å². The zero-order valence-electron chi connectivity index (χ0n) is 9.06. The molecular weight excluding hydrogens is 268 g/mol. The van der Waals surface area contributed by atoms with Crippen molar-refractivity contribution in [3.63, 3.8) is 0 Å². The first kappa shape index (κ1) is 11.9. The number of nitrogens with zero attached hydrogens (tertiary/aromatic N) is 2. The first-order chi connectivity index (χ1) is 7.32. The van der Waals surface area contributed by atoms with E-state index in [9.17, 15) is 8.42 Å². The number of halogens is 1. The van der Waals surface area contributed by atoms with Crippen molar-refractivity contribution < 1.29 is 8.42 Å². The molecule has 2 aromatic heterocycles. The topological polar surface area (TPSA) is 51.4 Å². The lowest BCUT2D eigenvalue weighted by molar-refractivity contribution is 0.602. The van der Waals surface area contributed by atoms with E-state index in [2.05, 4.69) is 4.98 Å². The van der Waals surface area contributed by atoms with Crippen molar-refractivity contribution in [1.82, 2.24) is 9.38 Å². The molecule has 2 heterocycles. The van der Waals surface area contributed by atoms with Gasteiger partial charge in [0.05, 0.1) is 5.69 Å². The van der Waals surface area contributed by atoms with Crippen LogP contribution in [0.5, 0.6) is 0 Å². The van der Waals surface area contributed by atoms with Gasteiger partial charge in [-0.3, -0.25) is 4.40 Å². The Balaban J connectivity index is 2.91. The molecule has 0 N–H and O–H groups in total. The molecule has 0 unspecified atom stereocenters. The Morgan fingerprint density at radius 2 is 2.12 bits per heavy atom. The molecule has 0 spiro atoms. The average molecular weight is 279 g/mol. The second-order valence-electron chi connectivity index (χ2n) is 3.87. The van der Waals surface area contributed by atoms with Gasteiger partial charge in [0.1, 0.15) is 0 Å². The van der Waals surface area contributed by atoms with E-state index in [4.69, 9.17) is 10.7 Å². The van der Waals surface area contributed by atoms with Crippen molar-refractivity contribution in [3.8, 4) is 0 Å². The van der Waals surface area contributed by atoms with E-state index >= 15 is 0 Å². The van der Waals surface area contributed by atoms with E-state index in [0.717, 1.165) is 5.69 Å². The highest BCUT2D eigenvalue weighted by atomic mass is 35.7. The number of hydrogen-bond donors (Lipinski definition) is 0. The summed E-state index contributed by atoms with van der Waals surface area (Å²) in [7, 11) is 1.67. The molecule has 0 aliphatic heterocycles. The highest BCUT2D eigenvalue weighted by molar-refractivity contribution is 8.13. The molecule has 0 aromatic carbocycles. The van der Waals surface area contributed by atoms with Crippen molar-refractivity contribution in [2.24, 2.45) is 0 Å². The highest BCUT2D eigenvalue weighted by Crippen LogP contribution is 2.29. The van der Waals surface area contributed by atoms with Crippen LogP contribution in [0.15, 0.2) is 10.4 Å². The lowest BCUT2D eigenvalue weighted by Crippen LogP contribution is -2.02. The van der Waals surface area contributed by atoms with Gasteiger partial charge in [0.25, 0.3) is 9.05 Å². The van der Waals surface area contributed by atoms with Crippen molar-refractivity contribution in [3.05, 3.63) is 16.8 Å². The predicted octanol–water partition coefficient (Wildman–Crippen LogP) is 2.76. The fourth-order valence-corrected chi connectivity index (χ4v) is 4.15. The van der Waals surface area contributed by atoms with Crippen LogP contribution < -0.4 is 0 Å². The molecule has 0 bridgehead atoms. The van der Waals surface area contributed by atoms with Crippen LogP contribution >= 0.6 is 22.0 Å². The zero-order valence-corrected chi connectivity index (χ0v) is 11.4. The number of aryl methyl sites for hydroxylation is 1. The van der Waals surface area contributed by atoms with Crippen LogP contribution in [0.4, 0.5) is 0 Å². The van der Waals surface area contributed by atoms with E-state index in [1.807, 2.05) is 19.2 Å². The molecular formula is C9H11ClN2O2S2. The lowest BCUT2D eigenvalue weighted by Gasteiger charge is -2.05. The second-order valence-corrected chi connectivity index (χ2v) is 7.19. The third kappa shape index (κ3) is 1.74. The van der Waals surface area contributed by atoms with E-state index in [-0.39, 0.29) is 10.9 Å². The minimum absolute atomic E-state index is 0.0918. The van der Waals surface area contributed by atoms with Gasteiger partial charge >= 0.3 is 0 Å². The molecule has 0 aliphatic carbocycles. The van der Waals surface area contributed by atoms with E-state index < -0.39 is 9.05 Å². The third-order valence-electron chi connectivity index (χ3n) is 2.33. The molecule has 16 heavy (non-hydrogen) atoms. The molecule has 0 atom stereocenters. The first-order valence-electron chi connectivity index (χ1n) is 4.73. The number of imidazole rings is 1. The van der Waals surface area contributed by atoms with Crippen LogP contribution in [0.2, 0.25) is 0 Å². The predicted molar refractivity (Wildman–Crippen MR) is 64.9 cm³/mol. The number of fused-ring (bicyclic) bond motifs is 1. The molecule has 2 aromatic rings. The van der Waals surface area contributed by atoms with E-state index in [1.165, 1.54) is 11.3 Å². The summed E-state index contributed by atoms with van der Waals surface area (Å²) in [6, 6.07) is 0. The summed E-state index contributed by atoms with van der Waals surface area (Å²) in [5, 5.41) is 2.01. The second kappa shape index (κ2) is 3.72. The Morgan fingerprint density at radius 1 is 1.50 bits per heavy atom. The Bertz CT molecular complexity index is 640. The normalized spacial score (nSPS) is 12.8. The van der Waals surface area contributed by atoms with Crippen molar-refractivity contribution in [2.75, 3.05) is 0 Å². The van der Waals surface area contributed by atoms with Crippen molar-refractivity contribution >= 4 is 36.0 Å². The maximum atomic E-state index is 11.5. The summed E-state index contributed by atoms with van der Waals surface area (Å²) in [4.78, 5) is 4.87. The van der Waals surface area contributed by atoms with Gasteiger partial charge in [-0.25, -0.2) is 13.4 Å². The molecule has 0 aliphatic rings. The van der Waals surface area contributed by atoms with Gasteiger partial charge in [-0.15, -0.1) is 11.3 Å². The van der Waals surface area contributed by atoms with Crippen LogP contribution in [0, 0.1) is 6.92 Å². The van der Waals surface area contributed by atoms with Crippen molar-refractivity contribution in [1.29, 1.82) is 0 Å². The van der Waals surface area contributed by atoms with Gasteiger partial charge < -0.3 is 0 Å². The quantitative estimate of drug-likeness (QED) is 0.794. The maximum Gasteiger partial charge on any atom is 0.279 e. The summed E-state index contributed by atoms with van der Waals surface area (Å²) in [5.74, 6) is 0.222.